The van der Waals surface area contributed by atoms with Gasteiger partial charge in [0.2, 0.25) is 0 Å². The zero-order chi connectivity index (χ0) is 13.5. The summed E-state index contributed by atoms with van der Waals surface area (Å²) in [5.41, 5.74) is 2.47. The van der Waals surface area contributed by atoms with E-state index >= 15 is 0 Å². The van der Waals surface area contributed by atoms with Gasteiger partial charge in [-0.15, -0.1) is 0 Å². The molecule has 1 unspecified atom stereocenters. The summed E-state index contributed by atoms with van der Waals surface area (Å²) < 4.78 is 6.01. The van der Waals surface area contributed by atoms with Gasteiger partial charge in [-0.05, 0) is 57.4 Å². The summed E-state index contributed by atoms with van der Waals surface area (Å²) in [5, 5.41) is 3.43. The van der Waals surface area contributed by atoms with E-state index < -0.39 is 0 Å². The molecule has 18 heavy (non-hydrogen) atoms. The van der Waals surface area contributed by atoms with Crippen LogP contribution in [0.15, 0.2) is 18.2 Å². The maximum atomic E-state index is 6.01. The van der Waals surface area contributed by atoms with E-state index in [2.05, 4.69) is 58.1 Å². The second-order valence-electron chi connectivity index (χ2n) is 5.45. The summed E-state index contributed by atoms with van der Waals surface area (Å²) in [6.45, 7) is 11.8. The van der Waals surface area contributed by atoms with Crippen LogP contribution >= 0.6 is 0 Å². The monoisotopic (exact) mass is 249 g/mol. The highest BCUT2D eigenvalue weighted by Crippen LogP contribution is 2.21. The van der Waals surface area contributed by atoms with Gasteiger partial charge in [-0.1, -0.05) is 26.0 Å². The predicted octanol–water partition coefficient (Wildman–Crippen LogP) is 3.85. The highest BCUT2D eigenvalue weighted by Gasteiger charge is 2.06. The normalized spacial score (nSPS) is 12.8. The molecule has 1 rings (SSSR count). The molecule has 1 aromatic carbocycles. The summed E-state index contributed by atoms with van der Waals surface area (Å²) in [6.07, 6.45) is 2.52. The molecule has 2 nitrogen and oxygen atoms in total. The molecule has 0 fully saturated rings. The Labute approximate surface area is 112 Å². The van der Waals surface area contributed by atoms with Crippen molar-refractivity contribution >= 4 is 0 Å². The highest BCUT2D eigenvalue weighted by atomic mass is 16.5. The average molecular weight is 249 g/mol. The van der Waals surface area contributed by atoms with Gasteiger partial charge in [0.05, 0.1) is 6.10 Å². The highest BCUT2D eigenvalue weighted by molar-refractivity contribution is 5.36. The SMILES string of the molecule is Cc1ccc(C)c(OC(C)CCCNC(C)C)c1. The van der Waals surface area contributed by atoms with Crippen LogP contribution in [-0.4, -0.2) is 18.7 Å². The summed E-state index contributed by atoms with van der Waals surface area (Å²) in [6, 6.07) is 6.94. The topological polar surface area (TPSA) is 21.3 Å². The van der Waals surface area contributed by atoms with Gasteiger partial charge in [-0.25, -0.2) is 0 Å². The third-order valence-electron chi connectivity index (χ3n) is 3.01. The van der Waals surface area contributed by atoms with Crippen LogP contribution in [0, 0.1) is 13.8 Å². The van der Waals surface area contributed by atoms with Gasteiger partial charge in [-0.3, -0.25) is 0 Å². The van der Waals surface area contributed by atoms with Crippen LogP contribution in [0.2, 0.25) is 0 Å². The molecule has 2 heteroatoms. The van der Waals surface area contributed by atoms with Gasteiger partial charge in [0.15, 0.2) is 0 Å². The van der Waals surface area contributed by atoms with E-state index in [0.717, 1.165) is 25.1 Å². The average Bonchev–Trinajstić information content (AvgIpc) is 2.29. The largest absolute Gasteiger partial charge is 0.490 e. The summed E-state index contributed by atoms with van der Waals surface area (Å²) >= 11 is 0. The number of hydrogen-bond acceptors (Lipinski definition) is 2. The van der Waals surface area contributed by atoms with E-state index in [1.807, 2.05) is 0 Å². The summed E-state index contributed by atoms with van der Waals surface area (Å²) in [5.74, 6) is 1.03. The molecule has 1 atom stereocenters. The quantitative estimate of drug-likeness (QED) is 0.741. The fourth-order valence-electron chi connectivity index (χ4n) is 1.89. The number of ether oxygens (including phenoxy) is 1. The Hall–Kier alpha value is -1.02. The van der Waals surface area contributed by atoms with Crippen LogP contribution in [-0.2, 0) is 0 Å². The number of aryl methyl sites for hydroxylation is 2. The fraction of sp³-hybridized carbons (Fsp3) is 0.625. The fourth-order valence-corrected chi connectivity index (χ4v) is 1.89. The van der Waals surface area contributed by atoms with Crippen LogP contribution in [0.3, 0.4) is 0 Å². The number of nitrogens with one attached hydrogen (secondary N) is 1. The molecule has 1 N–H and O–H groups in total. The number of benzene rings is 1. The van der Waals surface area contributed by atoms with Crippen molar-refractivity contribution in [3.8, 4) is 5.75 Å². The molecule has 0 bridgehead atoms. The van der Waals surface area contributed by atoms with Crippen molar-refractivity contribution in [1.29, 1.82) is 0 Å². The minimum atomic E-state index is 0.277. The van der Waals surface area contributed by atoms with Gasteiger partial charge < -0.3 is 10.1 Å². The predicted molar refractivity (Wildman–Crippen MR) is 78.4 cm³/mol. The molecule has 0 aliphatic heterocycles. The van der Waals surface area contributed by atoms with E-state index in [9.17, 15) is 0 Å². The molecule has 1 aromatic rings. The smallest absolute Gasteiger partial charge is 0.122 e. The minimum absolute atomic E-state index is 0.277. The van der Waals surface area contributed by atoms with Crippen molar-refractivity contribution in [1.82, 2.24) is 5.32 Å². The Morgan fingerprint density at radius 3 is 2.56 bits per heavy atom. The molecular weight excluding hydrogens is 222 g/mol. The van der Waals surface area contributed by atoms with Gasteiger partial charge >= 0.3 is 0 Å². The van der Waals surface area contributed by atoms with Crippen LogP contribution in [0.1, 0.15) is 44.7 Å². The second-order valence-corrected chi connectivity index (χ2v) is 5.45. The third kappa shape index (κ3) is 5.54. The van der Waals surface area contributed by atoms with Crippen molar-refractivity contribution < 1.29 is 4.74 Å². The van der Waals surface area contributed by atoms with Crippen molar-refractivity contribution in [2.45, 2.75) is 59.6 Å². The van der Waals surface area contributed by atoms with Crippen LogP contribution in [0.5, 0.6) is 5.75 Å². The first-order chi connectivity index (χ1) is 8.49. The van der Waals surface area contributed by atoms with Crippen LogP contribution < -0.4 is 10.1 Å². The van der Waals surface area contributed by atoms with E-state index in [-0.39, 0.29) is 6.10 Å². The van der Waals surface area contributed by atoms with Crippen molar-refractivity contribution in [2.24, 2.45) is 0 Å². The molecule has 0 aliphatic rings. The van der Waals surface area contributed by atoms with Crippen LogP contribution in [0.25, 0.3) is 0 Å². The zero-order valence-corrected chi connectivity index (χ0v) is 12.4. The molecule has 0 amide bonds. The Kier molecular flexibility index (Phi) is 6.20. The van der Waals surface area contributed by atoms with E-state index in [1.165, 1.54) is 11.1 Å². The molecule has 102 valence electrons. The second kappa shape index (κ2) is 7.42. The first-order valence-corrected chi connectivity index (χ1v) is 6.96. The zero-order valence-electron chi connectivity index (χ0n) is 12.4. The first kappa shape index (κ1) is 15.0. The standard InChI is InChI=1S/C16H27NO/c1-12(2)17-10-6-7-15(5)18-16-11-13(3)8-9-14(16)4/h8-9,11-12,15,17H,6-7,10H2,1-5H3. The lowest BCUT2D eigenvalue weighted by Crippen LogP contribution is -2.25. The third-order valence-corrected chi connectivity index (χ3v) is 3.01. The van der Waals surface area contributed by atoms with E-state index in [0.29, 0.717) is 6.04 Å². The molecule has 0 heterocycles. The summed E-state index contributed by atoms with van der Waals surface area (Å²) in [7, 11) is 0. The lowest BCUT2D eigenvalue weighted by molar-refractivity contribution is 0.205. The van der Waals surface area contributed by atoms with Crippen molar-refractivity contribution in [3.63, 3.8) is 0 Å². The molecule has 0 radical (unpaired) electrons. The van der Waals surface area contributed by atoms with E-state index in [4.69, 9.17) is 4.74 Å². The Balaban J connectivity index is 2.35. The van der Waals surface area contributed by atoms with Crippen LogP contribution in [0.4, 0.5) is 0 Å². The molecular formula is C16H27NO. The van der Waals surface area contributed by atoms with Crippen molar-refractivity contribution in [2.75, 3.05) is 6.54 Å². The molecule has 0 saturated heterocycles. The minimum Gasteiger partial charge on any atom is -0.490 e. The lowest BCUT2D eigenvalue weighted by Gasteiger charge is -2.17. The Bertz CT molecular complexity index is 360. The van der Waals surface area contributed by atoms with Crippen molar-refractivity contribution in [3.05, 3.63) is 29.3 Å². The molecule has 0 aliphatic carbocycles. The maximum Gasteiger partial charge on any atom is 0.122 e. The summed E-state index contributed by atoms with van der Waals surface area (Å²) in [4.78, 5) is 0. The molecule has 0 saturated carbocycles. The first-order valence-electron chi connectivity index (χ1n) is 6.96. The molecule has 0 aromatic heterocycles. The van der Waals surface area contributed by atoms with Gasteiger partial charge in [0.1, 0.15) is 5.75 Å². The Morgan fingerprint density at radius 2 is 1.89 bits per heavy atom. The number of hydrogen-bond donors (Lipinski definition) is 1. The van der Waals surface area contributed by atoms with Gasteiger partial charge in [-0.2, -0.15) is 0 Å². The van der Waals surface area contributed by atoms with Gasteiger partial charge in [0, 0.05) is 6.04 Å². The molecule has 0 spiro atoms. The number of rotatable bonds is 7. The maximum absolute atomic E-state index is 6.01. The van der Waals surface area contributed by atoms with Gasteiger partial charge in [0.25, 0.3) is 0 Å². The lowest BCUT2D eigenvalue weighted by atomic mass is 10.1. The van der Waals surface area contributed by atoms with E-state index in [1.54, 1.807) is 0 Å². The Morgan fingerprint density at radius 1 is 1.17 bits per heavy atom.